The van der Waals surface area contributed by atoms with Crippen LogP contribution in [0.4, 0.5) is 0 Å². The van der Waals surface area contributed by atoms with E-state index >= 15 is 0 Å². The molecule has 10 unspecified atom stereocenters. The first-order chi connectivity index (χ1) is 22.1. The zero-order valence-corrected chi connectivity index (χ0v) is 26.2. The maximum atomic E-state index is 12.4. The summed E-state index contributed by atoms with van der Waals surface area (Å²) >= 11 is 0. The van der Waals surface area contributed by atoms with Crippen molar-refractivity contribution >= 4 is 5.97 Å². The second-order valence-corrected chi connectivity index (χ2v) is 12.1. The van der Waals surface area contributed by atoms with E-state index in [-0.39, 0.29) is 6.54 Å². The minimum absolute atomic E-state index is 0.204. The van der Waals surface area contributed by atoms with Gasteiger partial charge in [-0.1, -0.05) is 12.1 Å². The lowest BCUT2D eigenvalue weighted by molar-refractivity contribution is -0.357. The van der Waals surface area contributed by atoms with Crippen LogP contribution in [0, 0.1) is 10.8 Å². The third kappa shape index (κ3) is 9.16. The highest BCUT2D eigenvalue weighted by Crippen LogP contribution is 2.38. The molecule has 0 saturated carbocycles. The molecular formula is C27H48N2O18. The summed E-state index contributed by atoms with van der Waals surface area (Å²) in [6, 6.07) is -2.60. The van der Waals surface area contributed by atoms with Gasteiger partial charge in [-0.3, -0.25) is 0 Å². The average Bonchev–Trinajstić information content (AvgIpc) is 3.04. The summed E-state index contributed by atoms with van der Waals surface area (Å²) in [4.78, 5) is 24.2. The number of carbonyl (C=O) groups is 1. The predicted octanol–water partition coefficient (Wildman–Crippen LogP) is -5.30. The van der Waals surface area contributed by atoms with Gasteiger partial charge in [-0.15, -0.1) is 0 Å². The third-order valence-electron chi connectivity index (χ3n) is 8.78. The van der Waals surface area contributed by atoms with Crippen LogP contribution in [0.15, 0.2) is 5.18 Å². The zero-order chi connectivity index (χ0) is 35.2. The van der Waals surface area contributed by atoms with Crippen molar-refractivity contribution in [2.24, 2.45) is 11.1 Å². The first-order valence-corrected chi connectivity index (χ1v) is 15.3. The van der Waals surface area contributed by atoms with Gasteiger partial charge in [-0.05, 0) is 13.8 Å². The molecule has 3 heterocycles. The first kappa shape index (κ1) is 39.9. The van der Waals surface area contributed by atoms with Gasteiger partial charge in [0.25, 0.3) is 5.79 Å². The minimum Gasteiger partial charge on any atom is -0.477 e. The van der Waals surface area contributed by atoms with E-state index in [1.54, 1.807) is 0 Å². The topological polar surface area (TPSA) is 316 Å². The van der Waals surface area contributed by atoms with Gasteiger partial charge in [0, 0.05) is 18.9 Å². The second kappa shape index (κ2) is 17.4. The number of carboxylic acid groups (broad SMARTS) is 1. The van der Waals surface area contributed by atoms with Crippen LogP contribution in [0.1, 0.15) is 27.2 Å². The Hall–Kier alpha value is -1.57. The fourth-order valence-corrected chi connectivity index (χ4v) is 5.62. The molecule has 0 amide bonds. The van der Waals surface area contributed by atoms with Crippen molar-refractivity contribution in [3.05, 3.63) is 4.91 Å². The fourth-order valence-electron chi connectivity index (χ4n) is 5.62. The van der Waals surface area contributed by atoms with Crippen LogP contribution in [0.3, 0.4) is 0 Å². The molecule has 11 N–H and O–H groups in total. The molecule has 3 saturated heterocycles. The monoisotopic (exact) mass is 688 g/mol. The largest absolute Gasteiger partial charge is 0.477 e. The highest BCUT2D eigenvalue weighted by molar-refractivity contribution is 5.76. The quantitative estimate of drug-likeness (QED) is 0.0675. The van der Waals surface area contributed by atoms with Crippen LogP contribution in [0.2, 0.25) is 0 Å². The maximum Gasteiger partial charge on any atom is 0.364 e. The molecule has 3 rings (SSSR count). The first-order valence-electron chi connectivity index (χ1n) is 15.3. The predicted molar refractivity (Wildman–Crippen MR) is 152 cm³/mol. The molecule has 47 heavy (non-hydrogen) atoms. The van der Waals surface area contributed by atoms with Gasteiger partial charge in [0.15, 0.2) is 12.6 Å². The molecule has 0 aromatic heterocycles. The zero-order valence-electron chi connectivity index (χ0n) is 26.2. The van der Waals surface area contributed by atoms with Crippen molar-refractivity contribution in [1.82, 2.24) is 5.32 Å². The van der Waals surface area contributed by atoms with E-state index in [0.717, 1.165) is 0 Å². The molecule has 0 aliphatic carbocycles. The number of aliphatic hydroxyl groups excluding tert-OH is 9. The molecule has 0 spiro atoms. The smallest absolute Gasteiger partial charge is 0.364 e. The number of ether oxygens (including phenoxy) is 6. The summed E-state index contributed by atoms with van der Waals surface area (Å²) in [6.07, 6.45) is -18.9. The van der Waals surface area contributed by atoms with E-state index < -0.39 is 142 Å². The molecule has 0 aromatic carbocycles. The summed E-state index contributed by atoms with van der Waals surface area (Å²) < 4.78 is 33.2. The molecule has 274 valence electrons. The van der Waals surface area contributed by atoms with E-state index in [9.17, 15) is 60.8 Å². The molecule has 20 nitrogen and oxygen atoms in total. The summed E-state index contributed by atoms with van der Waals surface area (Å²) in [7, 11) is 0. The van der Waals surface area contributed by atoms with Crippen molar-refractivity contribution in [2.45, 2.75) is 125 Å². The van der Waals surface area contributed by atoms with E-state index in [2.05, 4.69) is 10.5 Å². The Bertz CT molecular complexity index is 999. The highest BCUT2D eigenvalue weighted by Gasteiger charge is 2.58. The standard InChI is InChI=1S/C27H48N2O18/c1-10-15(34)4-27(26(39)40,46-16(10)7-31)47-23-18(29-41)17(8-32)45-25(22(23)38)43-11(2)14(6-30)28-5-13(33)9-42-24-21(37)20(36)19(35)12(3)44-24/h10-25,28,30-38H,4-9H2,1-3H3,(H,39,40)/t10-,11-,12?,13?,14?,15?,16?,17?,18+,19-,20?,21?,22?,23?,24-,25-,27+/m1/s1. The third-order valence-corrected chi connectivity index (χ3v) is 8.78. The van der Waals surface area contributed by atoms with Crippen molar-refractivity contribution in [1.29, 1.82) is 0 Å². The fraction of sp³-hybridized carbons (Fsp3) is 0.963. The van der Waals surface area contributed by atoms with Gasteiger partial charge in [-0.25, -0.2) is 4.79 Å². The Morgan fingerprint density at radius 1 is 0.979 bits per heavy atom. The number of rotatable bonds is 16. The van der Waals surface area contributed by atoms with Gasteiger partial charge in [0.2, 0.25) is 0 Å². The number of nitrogens with one attached hydrogen (secondary N) is 1. The van der Waals surface area contributed by atoms with E-state index in [4.69, 9.17) is 28.4 Å². The highest BCUT2D eigenvalue weighted by atomic mass is 16.7. The normalized spacial score (nSPS) is 43.2. The lowest BCUT2D eigenvalue weighted by Gasteiger charge is -2.48. The Balaban J connectivity index is 1.66. The number of aliphatic hydroxyl groups is 9. The Morgan fingerprint density at radius 2 is 1.64 bits per heavy atom. The summed E-state index contributed by atoms with van der Waals surface area (Å²) in [5.74, 6) is -5.05. The number of aliphatic carboxylic acids is 1. The number of hydrogen-bond donors (Lipinski definition) is 11. The van der Waals surface area contributed by atoms with Gasteiger partial charge in [0.1, 0.15) is 42.7 Å². The summed E-state index contributed by atoms with van der Waals surface area (Å²) in [6.45, 7) is 1.76. The lowest BCUT2D eigenvalue weighted by Crippen LogP contribution is -2.66. The van der Waals surface area contributed by atoms with Crippen molar-refractivity contribution < 1.29 is 84.3 Å². The van der Waals surface area contributed by atoms with E-state index in [1.807, 2.05) is 0 Å². The molecule has 17 atom stereocenters. The summed E-state index contributed by atoms with van der Waals surface area (Å²) in [5.41, 5.74) is 0. The molecule has 3 aliphatic heterocycles. The van der Waals surface area contributed by atoms with Gasteiger partial charge < -0.3 is 84.8 Å². The van der Waals surface area contributed by atoms with Gasteiger partial charge >= 0.3 is 5.97 Å². The van der Waals surface area contributed by atoms with Crippen LogP contribution in [-0.4, -0.2) is 188 Å². The van der Waals surface area contributed by atoms with Crippen LogP contribution >= 0.6 is 0 Å². The van der Waals surface area contributed by atoms with Crippen LogP contribution in [-0.2, 0) is 33.2 Å². The summed E-state index contributed by atoms with van der Waals surface area (Å²) in [5, 5.41) is 107. The van der Waals surface area contributed by atoms with Crippen LogP contribution < -0.4 is 5.32 Å². The van der Waals surface area contributed by atoms with E-state index in [0.29, 0.717) is 0 Å². The molecule has 0 aromatic rings. The Kier molecular flexibility index (Phi) is 14.7. The maximum absolute atomic E-state index is 12.4. The van der Waals surface area contributed by atoms with Gasteiger partial charge in [0.05, 0.1) is 63.0 Å². The molecule has 3 aliphatic rings. The number of nitroso groups, excluding NO2 is 1. The molecule has 20 heteroatoms. The Morgan fingerprint density at radius 3 is 2.21 bits per heavy atom. The van der Waals surface area contributed by atoms with Crippen LogP contribution in [0.25, 0.3) is 0 Å². The van der Waals surface area contributed by atoms with E-state index in [1.165, 1.54) is 20.8 Å². The lowest BCUT2D eigenvalue weighted by atomic mass is 9.88. The molecule has 0 bridgehead atoms. The van der Waals surface area contributed by atoms with Crippen molar-refractivity contribution in [3.63, 3.8) is 0 Å². The van der Waals surface area contributed by atoms with Crippen molar-refractivity contribution in [2.75, 3.05) is 33.0 Å². The van der Waals surface area contributed by atoms with Crippen LogP contribution in [0.5, 0.6) is 0 Å². The Labute approximate surface area is 269 Å². The molecule has 3 fully saturated rings. The second-order valence-electron chi connectivity index (χ2n) is 12.1. The number of nitrogens with zero attached hydrogens (tertiary/aromatic N) is 1. The molecule has 0 radical (unpaired) electrons. The molecular weight excluding hydrogens is 640 g/mol. The van der Waals surface area contributed by atoms with Gasteiger partial charge in [-0.2, -0.15) is 4.91 Å². The minimum atomic E-state index is -2.64. The number of hydrogen-bond acceptors (Lipinski definition) is 19. The average molecular weight is 689 g/mol. The SMILES string of the molecule is CC1O[C@@H](OCC(O)CNC(CO)[C@@H](C)O[C@@H]2OC(CO)[C@H](N=O)C(O[C@]3(C(=O)O)CC(O)[C@@H](C)C(CO)O3)C2O)C(O)C(O)[C@@H]1O. The van der Waals surface area contributed by atoms with Crippen molar-refractivity contribution in [3.8, 4) is 0 Å². The number of carboxylic acids is 1.